The summed E-state index contributed by atoms with van der Waals surface area (Å²) in [6.07, 6.45) is 4.69. The molecule has 0 aliphatic heterocycles. The number of allylic oxidation sites excluding steroid dienone is 1. The third-order valence-electron chi connectivity index (χ3n) is 1.73. The predicted octanol–water partition coefficient (Wildman–Crippen LogP) is 2.07. The van der Waals surface area contributed by atoms with Crippen molar-refractivity contribution in [3.05, 3.63) is 12.3 Å². The van der Waals surface area contributed by atoms with Gasteiger partial charge in [0.2, 0.25) is 0 Å². The maximum Gasteiger partial charge on any atom is 0.107 e. The summed E-state index contributed by atoms with van der Waals surface area (Å²) >= 11 is 0. The largest absolute Gasteiger partial charge is 0.420 e. The Labute approximate surface area is 63.0 Å². The highest BCUT2D eigenvalue weighted by Crippen LogP contribution is 2.15. The van der Waals surface area contributed by atoms with Crippen molar-refractivity contribution in [2.24, 2.45) is 17.7 Å². The summed E-state index contributed by atoms with van der Waals surface area (Å²) < 4.78 is 0. The Morgan fingerprint density at radius 3 is 2.40 bits per heavy atom. The quantitative estimate of drug-likeness (QED) is 0.483. The molecule has 0 saturated carbocycles. The van der Waals surface area contributed by atoms with Gasteiger partial charge in [0.25, 0.3) is 0 Å². The fourth-order valence-electron chi connectivity index (χ4n) is 0.976. The lowest BCUT2D eigenvalue weighted by Gasteiger charge is -2.12. The van der Waals surface area contributed by atoms with Crippen LogP contribution in [0, 0.1) is 11.8 Å². The molecule has 0 fully saturated rings. The molecule has 0 aliphatic rings. The second-order valence-electron chi connectivity index (χ2n) is 2.78. The second-order valence-corrected chi connectivity index (χ2v) is 2.78. The third kappa shape index (κ3) is 3.51. The molecule has 0 rings (SSSR count). The Kier molecular flexibility index (Phi) is 5.03. The Bertz CT molecular complexity index is 99.4. The fraction of sp³-hybridized carbons (Fsp3) is 0.750. The minimum atomic E-state index is 0.587. The van der Waals surface area contributed by atoms with E-state index in [1.54, 1.807) is 6.26 Å². The van der Waals surface area contributed by atoms with Gasteiger partial charge in [-0.15, -0.1) is 0 Å². The van der Waals surface area contributed by atoms with Crippen molar-refractivity contribution < 1.29 is 4.84 Å². The van der Waals surface area contributed by atoms with Crippen LogP contribution in [0.2, 0.25) is 0 Å². The molecule has 0 aromatic heterocycles. The molecule has 0 aliphatic carbocycles. The first-order valence-electron chi connectivity index (χ1n) is 3.74. The first-order valence-corrected chi connectivity index (χ1v) is 3.74. The lowest BCUT2D eigenvalue weighted by molar-refractivity contribution is 0.256. The van der Waals surface area contributed by atoms with E-state index in [1.165, 1.54) is 0 Å². The zero-order chi connectivity index (χ0) is 7.98. The van der Waals surface area contributed by atoms with Gasteiger partial charge in [0, 0.05) is 0 Å². The molecule has 0 radical (unpaired) electrons. The molecule has 10 heavy (non-hydrogen) atoms. The molecule has 0 aromatic rings. The van der Waals surface area contributed by atoms with Gasteiger partial charge in [0.1, 0.15) is 6.26 Å². The average molecular weight is 143 g/mol. The van der Waals surface area contributed by atoms with Crippen molar-refractivity contribution in [2.75, 3.05) is 0 Å². The van der Waals surface area contributed by atoms with Crippen LogP contribution >= 0.6 is 0 Å². The molecule has 60 valence electrons. The summed E-state index contributed by atoms with van der Waals surface area (Å²) in [4.78, 5) is 4.34. The van der Waals surface area contributed by atoms with Crippen LogP contribution in [-0.2, 0) is 4.84 Å². The summed E-state index contributed by atoms with van der Waals surface area (Å²) in [6, 6.07) is 0. The van der Waals surface area contributed by atoms with E-state index in [1.807, 2.05) is 6.08 Å². The van der Waals surface area contributed by atoms with Crippen molar-refractivity contribution in [1.82, 2.24) is 0 Å². The first kappa shape index (κ1) is 9.50. The van der Waals surface area contributed by atoms with Crippen molar-refractivity contribution in [2.45, 2.75) is 27.2 Å². The predicted molar refractivity (Wildman–Crippen MR) is 43.0 cm³/mol. The number of nitrogens with two attached hydrogens (primary N) is 1. The molecule has 0 saturated heterocycles. The van der Waals surface area contributed by atoms with Gasteiger partial charge in [-0.2, -0.15) is 5.90 Å². The molecule has 0 amide bonds. The molecular weight excluding hydrogens is 126 g/mol. The topological polar surface area (TPSA) is 35.2 Å². The Morgan fingerprint density at radius 2 is 2.10 bits per heavy atom. The third-order valence-corrected chi connectivity index (χ3v) is 1.73. The molecular formula is C8H17NO. The van der Waals surface area contributed by atoms with Gasteiger partial charge >= 0.3 is 0 Å². The normalized spacial score (nSPS) is 14.5. The van der Waals surface area contributed by atoms with Crippen LogP contribution in [0.15, 0.2) is 12.3 Å². The van der Waals surface area contributed by atoms with Crippen molar-refractivity contribution in [3.8, 4) is 0 Å². The van der Waals surface area contributed by atoms with Crippen molar-refractivity contribution >= 4 is 0 Å². The van der Waals surface area contributed by atoms with E-state index in [9.17, 15) is 0 Å². The van der Waals surface area contributed by atoms with Gasteiger partial charge < -0.3 is 4.84 Å². The highest BCUT2D eigenvalue weighted by Gasteiger charge is 2.05. The minimum Gasteiger partial charge on any atom is -0.420 e. The summed E-state index contributed by atoms with van der Waals surface area (Å²) in [5.41, 5.74) is 0. The number of hydrogen-bond acceptors (Lipinski definition) is 2. The maximum absolute atomic E-state index is 4.84. The monoisotopic (exact) mass is 143 g/mol. The van der Waals surface area contributed by atoms with E-state index in [-0.39, 0.29) is 0 Å². The number of hydrogen-bond donors (Lipinski definition) is 1. The first-order chi connectivity index (χ1) is 4.72. The van der Waals surface area contributed by atoms with Crippen LogP contribution in [0.3, 0.4) is 0 Å². The Morgan fingerprint density at radius 1 is 1.50 bits per heavy atom. The van der Waals surface area contributed by atoms with E-state index >= 15 is 0 Å². The summed E-state index contributed by atoms with van der Waals surface area (Å²) in [5.74, 6) is 6.09. The fourth-order valence-corrected chi connectivity index (χ4v) is 0.976. The van der Waals surface area contributed by atoms with Gasteiger partial charge in [0.05, 0.1) is 0 Å². The standard InChI is InChI=1S/C8H17NO/c1-4-8(7(2)3)5-6-10-9/h5-8H,4,9H2,1-3H3/b6-5-. The van der Waals surface area contributed by atoms with Gasteiger partial charge in [-0.3, -0.25) is 0 Å². The minimum absolute atomic E-state index is 0.587. The molecule has 1 atom stereocenters. The molecule has 1 unspecified atom stereocenters. The van der Waals surface area contributed by atoms with Crippen LogP contribution in [0.4, 0.5) is 0 Å². The van der Waals surface area contributed by atoms with E-state index in [2.05, 4.69) is 25.6 Å². The Hall–Kier alpha value is -0.500. The molecule has 0 spiro atoms. The van der Waals surface area contributed by atoms with Crippen LogP contribution in [0.5, 0.6) is 0 Å². The summed E-state index contributed by atoms with van der Waals surface area (Å²) in [6.45, 7) is 6.54. The van der Waals surface area contributed by atoms with E-state index in [4.69, 9.17) is 5.90 Å². The maximum atomic E-state index is 4.84. The molecule has 2 heteroatoms. The van der Waals surface area contributed by atoms with Crippen LogP contribution in [0.1, 0.15) is 27.2 Å². The average Bonchev–Trinajstić information content (AvgIpc) is 1.89. The molecule has 2 N–H and O–H groups in total. The zero-order valence-electron chi connectivity index (χ0n) is 7.00. The molecule has 0 bridgehead atoms. The van der Waals surface area contributed by atoms with E-state index < -0.39 is 0 Å². The molecule has 2 nitrogen and oxygen atoms in total. The van der Waals surface area contributed by atoms with Gasteiger partial charge in [0.15, 0.2) is 0 Å². The van der Waals surface area contributed by atoms with Crippen molar-refractivity contribution in [1.29, 1.82) is 0 Å². The lowest BCUT2D eigenvalue weighted by Crippen LogP contribution is -2.04. The van der Waals surface area contributed by atoms with Crippen LogP contribution < -0.4 is 5.90 Å². The highest BCUT2D eigenvalue weighted by molar-refractivity contribution is 4.83. The summed E-state index contributed by atoms with van der Waals surface area (Å²) in [5, 5.41) is 0. The lowest BCUT2D eigenvalue weighted by atomic mass is 9.94. The zero-order valence-corrected chi connectivity index (χ0v) is 7.00. The SMILES string of the molecule is CCC(/C=C\ON)C(C)C. The van der Waals surface area contributed by atoms with Crippen molar-refractivity contribution in [3.63, 3.8) is 0 Å². The van der Waals surface area contributed by atoms with Gasteiger partial charge in [-0.1, -0.05) is 20.8 Å². The van der Waals surface area contributed by atoms with Gasteiger partial charge in [-0.25, -0.2) is 0 Å². The second kappa shape index (κ2) is 5.30. The number of rotatable bonds is 4. The van der Waals surface area contributed by atoms with Crippen LogP contribution in [0.25, 0.3) is 0 Å². The summed E-state index contributed by atoms with van der Waals surface area (Å²) in [7, 11) is 0. The van der Waals surface area contributed by atoms with Gasteiger partial charge in [-0.05, 0) is 24.3 Å². The molecule has 0 aromatic carbocycles. The van der Waals surface area contributed by atoms with E-state index in [0.717, 1.165) is 6.42 Å². The highest BCUT2D eigenvalue weighted by atomic mass is 16.6. The Balaban J connectivity index is 3.71. The molecule has 0 heterocycles. The smallest absolute Gasteiger partial charge is 0.107 e. The van der Waals surface area contributed by atoms with E-state index in [0.29, 0.717) is 11.8 Å². The van der Waals surface area contributed by atoms with Crippen LogP contribution in [-0.4, -0.2) is 0 Å².